The van der Waals surface area contributed by atoms with Crippen LogP contribution in [0.15, 0.2) is 96.5 Å². The largest absolute Gasteiger partial charge is 0.509 e. The van der Waals surface area contributed by atoms with Gasteiger partial charge in [-0.25, -0.2) is 4.98 Å². The van der Waals surface area contributed by atoms with Gasteiger partial charge in [0.25, 0.3) is 0 Å². The average molecular weight is 925 g/mol. The summed E-state index contributed by atoms with van der Waals surface area (Å²) in [5, 5.41) is 2.26. The van der Waals surface area contributed by atoms with Gasteiger partial charge in [-0.05, 0) is 87.9 Å². The summed E-state index contributed by atoms with van der Waals surface area (Å²) in [6.45, 7) is 33.7. The average Bonchev–Trinajstić information content (AvgIpc) is 3.59. The van der Waals surface area contributed by atoms with Gasteiger partial charge in [-0.2, -0.15) is 6.07 Å². The van der Waals surface area contributed by atoms with E-state index in [1.165, 1.54) is 28.1 Å². The molecule has 6 aromatic rings. The Labute approximate surface area is 350 Å². The molecular formula is C50H57N4OPt-3. The molecule has 0 saturated carbocycles. The van der Waals surface area contributed by atoms with Crippen molar-refractivity contribution < 1.29 is 25.8 Å². The molecule has 5 nitrogen and oxygen atoms in total. The van der Waals surface area contributed by atoms with E-state index in [9.17, 15) is 0 Å². The van der Waals surface area contributed by atoms with E-state index in [0.717, 1.165) is 44.6 Å². The number of fused-ring (bicyclic) bond motifs is 3. The topological polar surface area (TPSA) is 33.5 Å². The first-order chi connectivity index (χ1) is 25.6. The summed E-state index contributed by atoms with van der Waals surface area (Å²) in [4.78, 5) is 9.42. The fourth-order valence-electron chi connectivity index (χ4n) is 7.20. The zero-order chi connectivity index (χ0) is 39.8. The standard InChI is InChI=1S/C50H57N4O.Pt/c1-32-33(2)53(31-52(32)38-24-35(48(6,7)8)23-36(25-38)49(9,10)11)39-26-37(50(12,13)14)27-41(29-39)55-40-19-20-43-42-17-15-16-18-44(42)54(45(43)30-40)46-28-34(21-22-51-46)47(3,4)5;/h15-28,31H,1-14H3;/q-3;. The van der Waals surface area contributed by atoms with Gasteiger partial charge < -0.3 is 19.1 Å². The molecule has 6 heteroatoms. The molecule has 7 rings (SSSR count). The molecule has 0 aliphatic carbocycles. The molecule has 0 bridgehead atoms. The second kappa shape index (κ2) is 14.6. The summed E-state index contributed by atoms with van der Waals surface area (Å²) in [5.41, 5.74) is 11.4. The number of anilines is 2. The molecule has 1 aliphatic heterocycles. The maximum atomic E-state index is 6.75. The third-order valence-electron chi connectivity index (χ3n) is 11.0. The van der Waals surface area contributed by atoms with E-state index in [1.54, 1.807) is 0 Å². The number of pyridine rings is 1. The number of hydrogen-bond acceptors (Lipinski definition) is 4. The number of allylic oxidation sites excluding steroid dienone is 2. The Morgan fingerprint density at radius 1 is 0.571 bits per heavy atom. The third kappa shape index (κ3) is 7.94. The summed E-state index contributed by atoms with van der Waals surface area (Å²) >= 11 is 0. The SMILES string of the molecule is CC1=C(C)N(c2cc(C(C)(C)C)cc(C(C)(C)C)c2)[CH-]N1c1[c-]c(Oc2[c-]c3c(cc2)c2ccccc2n3-c2cc(C(C)(C)C)ccn2)cc(C(C)(C)C)c1.[Pt]. The summed E-state index contributed by atoms with van der Waals surface area (Å²) in [6.07, 6.45) is 1.91. The quantitative estimate of drug-likeness (QED) is 0.161. The van der Waals surface area contributed by atoms with Crippen LogP contribution < -0.4 is 14.5 Å². The van der Waals surface area contributed by atoms with Gasteiger partial charge in [0, 0.05) is 61.4 Å². The minimum Gasteiger partial charge on any atom is -0.509 e. The van der Waals surface area contributed by atoms with Gasteiger partial charge >= 0.3 is 0 Å². The van der Waals surface area contributed by atoms with Crippen LogP contribution in [0, 0.1) is 18.8 Å². The number of hydrogen-bond donors (Lipinski definition) is 0. The molecule has 0 saturated heterocycles. The monoisotopic (exact) mass is 924 g/mol. The maximum Gasteiger partial charge on any atom is 0.135 e. The molecule has 0 fully saturated rings. The number of rotatable bonds is 5. The van der Waals surface area contributed by atoms with Gasteiger partial charge in [0.15, 0.2) is 0 Å². The third-order valence-corrected chi connectivity index (χ3v) is 11.0. The van der Waals surface area contributed by atoms with Gasteiger partial charge in [-0.15, -0.1) is 53.6 Å². The summed E-state index contributed by atoms with van der Waals surface area (Å²) < 4.78 is 8.96. The zero-order valence-electron chi connectivity index (χ0n) is 35.7. The van der Waals surface area contributed by atoms with Crippen molar-refractivity contribution in [3.05, 3.63) is 138 Å². The van der Waals surface area contributed by atoms with Crippen molar-refractivity contribution in [3.8, 4) is 17.3 Å². The van der Waals surface area contributed by atoms with Crippen molar-refractivity contribution in [2.24, 2.45) is 0 Å². The van der Waals surface area contributed by atoms with E-state index >= 15 is 0 Å². The Kier molecular flexibility index (Phi) is 10.7. The van der Waals surface area contributed by atoms with Crippen molar-refractivity contribution in [2.75, 3.05) is 9.80 Å². The minimum absolute atomic E-state index is 0. The fraction of sp³-hybridized carbons (Fsp3) is 0.360. The predicted molar refractivity (Wildman–Crippen MR) is 232 cm³/mol. The van der Waals surface area contributed by atoms with Crippen molar-refractivity contribution >= 4 is 33.2 Å². The molecule has 0 unspecified atom stereocenters. The first-order valence-corrected chi connectivity index (χ1v) is 19.5. The Bertz CT molecular complexity index is 2430. The molecule has 0 radical (unpaired) electrons. The predicted octanol–water partition coefficient (Wildman–Crippen LogP) is 13.5. The second-order valence-electron chi connectivity index (χ2n) is 19.4. The van der Waals surface area contributed by atoms with Crippen LogP contribution in [0.2, 0.25) is 0 Å². The molecule has 0 spiro atoms. The van der Waals surface area contributed by atoms with Crippen LogP contribution in [0.1, 0.15) is 119 Å². The summed E-state index contributed by atoms with van der Waals surface area (Å²) in [6, 6.07) is 35.7. The normalized spacial score (nSPS) is 14.2. The maximum absolute atomic E-state index is 6.75. The van der Waals surface area contributed by atoms with E-state index in [1.807, 2.05) is 12.3 Å². The van der Waals surface area contributed by atoms with Crippen LogP contribution in [0.25, 0.3) is 27.6 Å². The van der Waals surface area contributed by atoms with Crippen molar-refractivity contribution in [1.82, 2.24) is 9.55 Å². The first-order valence-electron chi connectivity index (χ1n) is 19.5. The first kappa shape index (κ1) is 41.3. The molecule has 56 heavy (non-hydrogen) atoms. The minimum atomic E-state index is -0.124. The van der Waals surface area contributed by atoms with E-state index in [-0.39, 0.29) is 42.7 Å². The van der Waals surface area contributed by atoms with Crippen LogP contribution in [-0.4, -0.2) is 9.55 Å². The van der Waals surface area contributed by atoms with Crippen LogP contribution in [0.4, 0.5) is 11.4 Å². The summed E-state index contributed by atoms with van der Waals surface area (Å²) in [7, 11) is 0. The number of benzene rings is 4. The number of nitrogens with zero attached hydrogens (tertiary/aromatic N) is 4. The molecule has 0 amide bonds. The van der Waals surface area contributed by atoms with Crippen molar-refractivity contribution in [2.45, 2.75) is 119 Å². The van der Waals surface area contributed by atoms with E-state index in [4.69, 9.17) is 9.72 Å². The van der Waals surface area contributed by atoms with Gasteiger partial charge in [-0.1, -0.05) is 113 Å². The molecule has 2 aromatic heterocycles. The van der Waals surface area contributed by atoms with Gasteiger partial charge in [0.2, 0.25) is 0 Å². The van der Waals surface area contributed by atoms with Gasteiger partial charge in [-0.3, -0.25) is 0 Å². The summed E-state index contributed by atoms with van der Waals surface area (Å²) in [5.74, 6) is 2.14. The molecule has 3 heterocycles. The van der Waals surface area contributed by atoms with Crippen molar-refractivity contribution in [3.63, 3.8) is 0 Å². The molecule has 0 N–H and O–H groups in total. The molecule has 296 valence electrons. The Balaban J connectivity index is 0.00000532. The second-order valence-corrected chi connectivity index (χ2v) is 19.4. The van der Waals surface area contributed by atoms with Crippen LogP contribution in [0.5, 0.6) is 11.5 Å². The van der Waals surface area contributed by atoms with E-state index < -0.39 is 0 Å². The molecule has 1 aliphatic rings. The van der Waals surface area contributed by atoms with E-state index in [2.05, 4.69) is 203 Å². The fourth-order valence-corrected chi connectivity index (χ4v) is 7.20. The number of ether oxygens (including phenoxy) is 1. The Morgan fingerprint density at radius 2 is 1.16 bits per heavy atom. The Morgan fingerprint density at radius 3 is 1.79 bits per heavy atom. The van der Waals surface area contributed by atoms with Crippen LogP contribution >= 0.6 is 0 Å². The van der Waals surface area contributed by atoms with Crippen LogP contribution in [0.3, 0.4) is 0 Å². The Hall–Kier alpha value is -4.34. The number of aromatic nitrogens is 2. The molecule has 4 aromatic carbocycles. The number of para-hydroxylation sites is 1. The van der Waals surface area contributed by atoms with E-state index in [0.29, 0.717) is 11.5 Å². The van der Waals surface area contributed by atoms with Gasteiger partial charge in [0.05, 0.1) is 0 Å². The molecular weight excluding hydrogens is 868 g/mol. The van der Waals surface area contributed by atoms with Crippen molar-refractivity contribution in [1.29, 1.82) is 0 Å². The zero-order valence-corrected chi connectivity index (χ0v) is 37.9. The van der Waals surface area contributed by atoms with Gasteiger partial charge in [0.1, 0.15) is 5.82 Å². The molecule has 0 atom stereocenters. The smallest absolute Gasteiger partial charge is 0.135 e. The van der Waals surface area contributed by atoms with Crippen LogP contribution in [-0.2, 0) is 42.7 Å².